The summed E-state index contributed by atoms with van der Waals surface area (Å²) in [5.74, 6) is 0.407. The molecule has 0 aliphatic heterocycles. The highest BCUT2D eigenvalue weighted by atomic mass is 35.5. The third-order valence-corrected chi connectivity index (χ3v) is 3.41. The van der Waals surface area contributed by atoms with Crippen LogP contribution in [-0.4, -0.2) is 12.0 Å². The van der Waals surface area contributed by atoms with E-state index in [1.807, 2.05) is 6.92 Å². The molecule has 0 aliphatic rings. The van der Waals surface area contributed by atoms with Gasteiger partial charge in [0, 0.05) is 15.7 Å². The van der Waals surface area contributed by atoms with Crippen molar-refractivity contribution in [2.75, 3.05) is 5.32 Å². The van der Waals surface area contributed by atoms with Crippen LogP contribution in [0, 0.1) is 6.92 Å². The Bertz CT molecular complexity index is 641. The van der Waals surface area contributed by atoms with Gasteiger partial charge in [-0.2, -0.15) is 0 Å². The van der Waals surface area contributed by atoms with Crippen molar-refractivity contribution >= 4 is 34.8 Å². The molecule has 0 saturated carbocycles. The molecule has 0 aromatic heterocycles. The maximum absolute atomic E-state index is 12.1. The third-order valence-electron chi connectivity index (χ3n) is 2.92. The molecule has 1 N–H and O–H groups in total. The van der Waals surface area contributed by atoms with Gasteiger partial charge in [-0.25, -0.2) is 0 Å². The van der Waals surface area contributed by atoms with Crippen LogP contribution < -0.4 is 10.1 Å². The summed E-state index contributed by atoms with van der Waals surface area (Å²) in [7, 11) is 0. The second-order valence-electron chi connectivity index (χ2n) is 4.67. The van der Waals surface area contributed by atoms with Crippen molar-refractivity contribution in [2.45, 2.75) is 20.0 Å². The normalized spacial score (nSPS) is 11.8. The number of rotatable bonds is 4. The average Bonchev–Trinajstić information content (AvgIpc) is 2.44. The lowest BCUT2D eigenvalue weighted by atomic mass is 10.2. The van der Waals surface area contributed by atoms with E-state index in [4.69, 9.17) is 27.9 Å². The zero-order chi connectivity index (χ0) is 15.4. The molecule has 21 heavy (non-hydrogen) atoms. The molecule has 0 fully saturated rings. The van der Waals surface area contributed by atoms with Gasteiger partial charge in [-0.3, -0.25) is 4.79 Å². The number of hydrogen-bond donors (Lipinski definition) is 1. The van der Waals surface area contributed by atoms with Crippen LogP contribution in [0.5, 0.6) is 5.75 Å². The number of ether oxygens (including phenoxy) is 1. The lowest BCUT2D eigenvalue weighted by molar-refractivity contribution is -0.122. The van der Waals surface area contributed by atoms with E-state index in [9.17, 15) is 4.79 Å². The fourth-order valence-corrected chi connectivity index (χ4v) is 2.12. The second-order valence-corrected chi connectivity index (χ2v) is 5.54. The topological polar surface area (TPSA) is 38.3 Å². The molecule has 2 rings (SSSR count). The number of aryl methyl sites for hydroxylation is 1. The predicted octanol–water partition coefficient (Wildman–Crippen LogP) is 4.71. The molecule has 0 bridgehead atoms. The van der Waals surface area contributed by atoms with Crippen LogP contribution in [0.1, 0.15) is 12.5 Å². The molecule has 0 unspecified atom stereocenters. The van der Waals surface area contributed by atoms with Crippen molar-refractivity contribution in [3.63, 3.8) is 0 Å². The molecule has 1 amide bonds. The Hall–Kier alpha value is -1.71. The Labute approximate surface area is 133 Å². The van der Waals surface area contributed by atoms with Crippen LogP contribution in [0.4, 0.5) is 5.69 Å². The Morgan fingerprint density at radius 2 is 1.71 bits per heavy atom. The predicted molar refractivity (Wildman–Crippen MR) is 86.4 cm³/mol. The summed E-state index contributed by atoms with van der Waals surface area (Å²) in [4.78, 5) is 12.1. The average molecular weight is 324 g/mol. The molecule has 3 nitrogen and oxygen atoms in total. The van der Waals surface area contributed by atoms with E-state index in [1.54, 1.807) is 49.4 Å². The van der Waals surface area contributed by atoms with Gasteiger partial charge < -0.3 is 10.1 Å². The minimum Gasteiger partial charge on any atom is -0.481 e. The molecule has 0 aliphatic carbocycles. The molecule has 110 valence electrons. The van der Waals surface area contributed by atoms with Gasteiger partial charge in [-0.05, 0) is 61.9 Å². The summed E-state index contributed by atoms with van der Waals surface area (Å²) in [6.45, 7) is 3.57. The van der Waals surface area contributed by atoms with E-state index in [1.165, 1.54) is 0 Å². The molecule has 0 heterocycles. The first-order valence-corrected chi connectivity index (χ1v) is 7.20. The van der Waals surface area contributed by atoms with E-state index in [2.05, 4.69) is 5.32 Å². The van der Waals surface area contributed by atoms with Gasteiger partial charge in [-0.1, -0.05) is 23.2 Å². The third kappa shape index (κ3) is 4.38. The Morgan fingerprint density at radius 3 is 2.33 bits per heavy atom. The van der Waals surface area contributed by atoms with Gasteiger partial charge in [0.25, 0.3) is 5.91 Å². The van der Waals surface area contributed by atoms with Gasteiger partial charge in [0.05, 0.1) is 0 Å². The zero-order valence-corrected chi connectivity index (χ0v) is 13.2. The van der Waals surface area contributed by atoms with Crippen LogP contribution >= 0.6 is 23.2 Å². The fourth-order valence-electron chi connectivity index (χ4n) is 1.77. The van der Waals surface area contributed by atoms with Crippen molar-refractivity contribution in [1.82, 2.24) is 0 Å². The molecule has 2 aromatic rings. The molecule has 0 radical (unpaired) electrons. The minimum atomic E-state index is -0.624. The number of carbonyl (C=O) groups is 1. The zero-order valence-electron chi connectivity index (χ0n) is 11.7. The molecular weight excluding hydrogens is 309 g/mol. The Balaban J connectivity index is 2.00. The molecule has 0 spiro atoms. The van der Waals surface area contributed by atoms with E-state index >= 15 is 0 Å². The fraction of sp³-hybridized carbons (Fsp3) is 0.188. The molecule has 2 aromatic carbocycles. The number of carbonyl (C=O) groups excluding carboxylic acids is 1. The van der Waals surface area contributed by atoms with Gasteiger partial charge in [0.1, 0.15) is 5.75 Å². The molecular formula is C16H15Cl2NO2. The highest BCUT2D eigenvalue weighted by molar-refractivity contribution is 6.31. The highest BCUT2D eigenvalue weighted by Gasteiger charge is 2.15. The summed E-state index contributed by atoms with van der Waals surface area (Å²) in [5, 5.41) is 4.03. The molecule has 1 atom stereocenters. The number of anilines is 1. The maximum atomic E-state index is 12.1. The van der Waals surface area contributed by atoms with Crippen molar-refractivity contribution in [2.24, 2.45) is 0 Å². The largest absolute Gasteiger partial charge is 0.481 e. The van der Waals surface area contributed by atoms with Crippen LogP contribution in [0.25, 0.3) is 0 Å². The lowest BCUT2D eigenvalue weighted by Gasteiger charge is -2.16. The van der Waals surface area contributed by atoms with E-state index < -0.39 is 6.10 Å². The summed E-state index contributed by atoms with van der Waals surface area (Å²) in [5.41, 5.74) is 1.56. The monoisotopic (exact) mass is 323 g/mol. The highest BCUT2D eigenvalue weighted by Crippen LogP contribution is 2.23. The van der Waals surface area contributed by atoms with Crippen LogP contribution in [0.15, 0.2) is 42.5 Å². The summed E-state index contributed by atoms with van der Waals surface area (Å²) in [6, 6.07) is 12.2. The van der Waals surface area contributed by atoms with E-state index in [0.29, 0.717) is 21.5 Å². The van der Waals surface area contributed by atoms with E-state index in [-0.39, 0.29) is 5.91 Å². The minimum absolute atomic E-state index is 0.230. The number of halogens is 2. The summed E-state index contributed by atoms with van der Waals surface area (Å²) in [6.07, 6.45) is -0.624. The van der Waals surface area contributed by atoms with Gasteiger partial charge in [-0.15, -0.1) is 0 Å². The van der Waals surface area contributed by atoms with Crippen molar-refractivity contribution in [3.8, 4) is 5.75 Å². The maximum Gasteiger partial charge on any atom is 0.265 e. The van der Waals surface area contributed by atoms with Crippen LogP contribution in [0.3, 0.4) is 0 Å². The van der Waals surface area contributed by atoms with Crippen molar-refractivity contribution < 1.29 is 9.53 Å². The lowest BCUT2D eigenvalue weighted by Crippen LogP contribution is -2.30. The first-order valence-electron chi connectivity index (χ1n) is 6.45. The first-order chi connectivity index (χ1) is 9.95. The number of nitrogens with one attached hydrogen (secondary N) is 1. The van der Waals surface area contributed by atoms with Gasteiger partial charge >= 0.3 is 0 Å². The van der Waals surface area contributed by atoms with Crippen LogP contribution in [-0.2, 0) is 4.79 Å². The Morgan fingerprint density at radius 1 is 1.10 bits per heavy atom. The van der Waals surface area contributed by atoms with Crippen LogP contribution in [0.2, 0.25) is 10.0 Å². The smallest absolute Gasteiger partial charge is 0.265 e. The van der Waals surface area contributed by atoms with Gasteiger partial charge in [0.2, 0.25) is 0 Å². The summed E-state index contributed by atoms with van der Waals surface area (Å²) < 4.78 is 5.66. The summed E-state index contributed by atoms with van der Waals surface area (Å²) >= 11 is 11.7. The SMILES string of the molecule is Cc1cc(Cl)ccc1O[C@@H](C)C(=O)Nc1ccc(Cl)cc1. The quantitative estimate of drug-likeness (QED) is 0.885. The molecule has 5 heteroatoms. The van der Waals surface area contributed by atoms with Crippen molar-refractivity contribution in [1.29, 1.82) is 0 Å². The number of hydrogen-bond acceptors (Lipinski definition) is 2. The van der Waals surface area contributed by atoms with E-state index in [0.717, 1.165) is 5.56 Å². The standard InChI is InChI=1S/C16H15Cl2NO2/c1-10-9-13(18)5-8-15(10)21-11(2)16(20)19-14-6-3-12(17)4-7-14/h3-9,11H,1-2H3,(H,19,20)/t11-/m0/s1. The molecule has 0 saturated heterocycles. The van der Waals surface area contributed by atoms with Gasteiger partial charge in [0.15, 0.2) is 6.10 Å². The Kier molecular flexibility index (Phi) is 5.10. The van der Waals surface area contributed by atoms with Crippen molar-refractivity contribution in [3.05, 3.63) is 58.1 Å². The first kappa shape index (κ1) is 15.7. The number of benzene rings is 2. The number of amides is 1. The second kappa shape index (κ2) is 6.83.